The molecule has 9 heteroatoms. The lowest BCUT2D eigenvalue weighted by Crippen LogP contribution is -2.27. The maximum atomic E-state index is 12.9. The zero-order valence-electron chi connectivity index (χ0n) is 16.2. The molecule has 4 rings (SSSR count). The lowest BCUT2D eigenvalue weighted by Gasteiger charge is -2.05. The number of H-pyrrole nitrogens is 1. The maximum Gasteiger partial charge on any atom is 0.265 e. The molecule has 29 heavy (non-hydrogen) atoms. The van der Waals surface area contributed by atoms with E-state index in [1.54, 1.807) is 14.0 Å². The van der Waals surface area contributed by atoms with Gasteiger partial charge in [0.05, 0.1) is 23.1 Å². The summed E-state index contributed by atoms with van der Waals surface area (Å²) in [4.78, 5) is 37.5. The molecule has 0 unspecified atom stereocenters. The number of furan rings is 1. The summed E-state index contributed by atoms with van der Waals surface area (Å²) in [7, 11) is 1.61. The van der Waals surface area contributed by atoms with Gasteiger partial charge in [0.25, 0.3) is 11.5 Å². The van der Waals surface area contributed by atoms with Gasteiger partial charge in [0.2, 0.25) is 5.71 Å². The van der Waals surface area contributed by atoms with Crippen LogP contribution in [0.5, 0.6) is 0 Å². The molecule has 0 bridgehead atoms. The Bertz CT molecular complexity index is 1200. The molecular formula is C20H21N5O4. The first kappa shape index (κ1) is 18.9. The van der Waals surface area contributed by atoms with Crippen molar-refractivity contribution < 1.29 is 13.9 Å². The van der Waals surface area contributed by atoms with Gasteiger partial charge >= 0.3 is 0 Å². The van der Waals surface area contributed by atoms with Gasteiger partial charge in [0.15, 0.2) is 0 Å². The van der Waals surface area contributed by atoms with Crippen molar-refractivity contribution in [1.82, 2.24) is 24.8 Å². The van der Waals surface area contributed by atoms with E-state index in [0.717, 1.165) is 11.0 Å². The van der Waals surface area contributed by atoms with Gasteiger partial charge in [-0.15, -0.1) is 0 Å². The monoisotopic (exact) mass is 395 g/mol. The van der Waals surface area contributed by atoms with E-state index < -0.39 is 5.91 Å². The molecule has 0 aliphatic heterocycles. The van der Waals surface area contributed by atoms with Crippen molar-refractivity contribution in [2.75, 3.05) is 13.7 Å². The summed E-state index contributed by atoms with van der Waals surface area (Å²) in [5, 5.41) is 2.99. The fourth-order valence-corrected chi connectivity index (χ4v) is 3.29. The Morgan fingerprint density at radius 2 is 2.17 bits per heavy atom. The zero-order valence-corrected chi connectivity index (χ0v) is 16.2. The van der Waals surface area contributed by atoms with Crippen molar-refractivity contribution in [3.8, 4) is 0 Å². The van der Waals surface area contributed by atoms with E-state index in [-0.39, 0.29) is 28.8 Å². The normalized spacial score (nSPS) is 11.4. The molecule has 4 aromatic rings. The smallest absolute Gasteiger partial charge is 0.265 e. The van der Waals surface area contributed by atoms with Gasteiger partial charge in [-0.2, -0.15) is 0 Å². The largest absolute Gasteiger partial charge is 0.442 e. The Morgan fingerprint density at radius 3 is 2.97 bits per heavy atom. The summed E-state index contributed by atoms with van der Waals surface area (Å²) in [5.41, 5.74) is 1.77. The molecule has 0 aliphatic carbocycles. The Labute approximate surface area is 165 Å². The molecule has 0 radical (unpaired) electrons. The van der Waals surface area contributed by atoms with Crippen molar-refractivity contribution in [3.63, 3.8) is 0 Å². The van der Waals surface area contributed by atoms with Crippen LogP contribution >= 0.6 is 0 Å². The number of aromatic nitrogens is 4. The molecule has 0 atom stereocenters. The number of hydrogen-bond donors (Lipinski definition) is 2. The molecule has 0 saturated carbocycles. The van der Waals surface area contributed by atoms with Gasteiger partial charge in [-0.05, 0) is 25.5 Å². The zero-order chi connectivity index (χ0) is 20.4. The highest BCUT2D eigenvalue weighted by Crippen LogP contribution is 2.21. The highest BCUT2D eigenvalue weighted by Gasteiger charge is 2.23. The number of rotatable bonds is 7. The third-order valence-corrected chi connectivity index (χ3v) is 4.68. The van der Waals surface area contributed by atoms with Crippen molar-refractivity contribution in [2.24, 2.45) is 0 Å². The second-order valence-electron chi connectivity index (χ2n) is 6.69. The Hall–Kier alpha value is -3.46. The third kappa shape index (κ3) is 3.64. The SMILES string of the molecule is COCCCn1cnc2oc(C)c(C(=O)NCc3nc4ccccc4[nH]3)c2c1=O. The van der Waals surface area contributed by atoms with Crippen molar-refractivity contribution in [3.05, 3.63) is 58.1 Å². The summed E-state index contributed by atoms with van der Waals surface area (Å²) in [6, 6.07) is 7.62. The number of aryl methyl sites for hydroxylation is 2. The number of nitrogens with one attached hydrogen (secondary N) is 2. The second kappa shape index (κ2) is 7.88. The van der Waals surface area contributed by atoms with E-state index in [9.17, 15) is 9.59 Å². The van der Waals surface area contributed by atoms with Crippen LogP contribution in [0.4, 0.5) is 0 Å². The third-order valence-electron chi connectivity index (χ3n) is 4.68. The molecular weight excluding hydrogens is 374 g/mol. The lowest BCUT2D eigenvalue weighted by atomic mass is 10.1. The van der Waals surface area contributed by atoms with Crippen molar-refractivity contribution >= 4 is 28.0 Å². The summed E-state index contributed by atoms with van der Waals surface area (Å²) in [6.45, 7) is 2.81. The van der Waals surface area contributed by atoms with E-state index in [1.807, 2.05) is 24.3 Å². The van der Waals surface area contributed by atoms with Crippen LogP contribution in [0, 0.1) is 6.92 Å². The number of aromatic amines is 1. The number of benzene rings is 1. The van der Waals surface area contributed by atoms with Crippen LogP contribution in [0.2, 0.25) is 0 Å². The molecule has 0 saturated heterocycles. The van der Waals surface area contributed by atoms with Gasteiger partial charge in [-0.1, -0.05) is 12.1 Å². The summed E-state index contributed by atoms with van der Waals surface area (Å²) < 4.78 is 12.0. The van der Waals surface area contributed by atoms with Gasteiger partial charge in [0.1, 0.15) is 23.3 Å². The number of methoxy groups -OCH3 is 1. The molecule has 1 amide bonds. The summed E-state index contributed by atoms with van der Waals surface area (Å²) >= 11 is 0. The molecule has 0 spiro atoms. The van der Waals surface area contributed by atoms with Crippen LogP contribution in [0.1, 0.15) is 28.4 Å². The topological polar surface area (TPSA) is 115 Å². The van der Waals surface area contributed by atoms with Gasteiger partial charge < -0.3 is 19.5 Å². The molecule has 9 nitrogen and oxygen atoms in total. The Morgan fingerprint density at radius 1 is 1.34 bits per heavy atom. The van der Waals surface area contributed by atoms with Gasteiger partial charge in [-0.25, -0.2) is 9.97 Å². The minimum atomic E-state index is -0.407. The van der Waals surface area contributed by atoms with E-state index in [0.29, 0.717) is 31.2 Å². The molecule has 0 aliphatic rings. The van der Waals surface area contributed by atoms with E-state index in [2.05, 4.69) is 20.3 Å². The molecule has 3 aromatic heterocycles. The maximum absolute atomic E-state index is 12.9. The van der Waals surface area contributed by atoms with Crippen LogP contribution in [0.15, 0.2) is 39.8 Å². The second-order valence-corrected chi connectivity index (χ2v) is 6.69. The lowest BCUT2D eigenvalue weighted by molar-refractivity contribution is 0.0950. The first-order valence-corrected chi connectivity index (χ1v) is 9.27. The van der Waals surface area contributed by atoms with Crippen LogP contribution in [0.3, 0.4) is 0 Å². The highest BCUT2D eigenvalue weighted by atomic mass is 16.5. The van der Waals surface area contributed by atoms with Crippen molar-refractivity contribution in [2.45, 2.75) is 26.4 Å². The predicted octanol–water partition coefficient (Wildman–Crippen LogP) is 2.14. The number of amides is 1. The molecule has 3 heterocycles. The standard InChI is InChI=1S/C20H21N5O4/c1-12-16(17-19(29-12)22-11-25(20(17)27)8-5-9-28-2)18(26)21-10-15-23-13-6-3-4-7-14(13)24-15/h3-4,6-7,11H,5,8-10H2,1-2H3,(H,21,26)(H,23,24). The number of carbonyl (C=O) groups is 1. The quantitative estimate of drug-likeness (QED) is 0.463. The van der Waals surface area contributed by atoms with Gasteiger partial charge in [0, 0.05) is 20.3 Å². The average Bonchev–Trinajstić information content (AvgIpc) is 3.28. The number of para-hydroxylation sites is 2. The summed E-state index contributed by atoms with van der Waals surface area (Å²) in [6.07, 6.45) is 2.09. The molecule has 0 fully saturated rings. The number of imidazole rings is 1. The predicted molar refractivity (Wildman–Crippen MR) is 107 cm³/mol. The molecule has 1 aromatic carbocycles. The number of nitrogens with zero attached hydrogens (tertiary/aromatic N) is 3. The molecule has 2 N–H and O–H groups in total. The number of carbonyl (C=O) groups excluding carboxylic acids is 1. The average molecular weight is 395 g/mol. The highest BCUT2D eigenvalue weighted by molar-refractivity contribution is 6.06. The Kier molecular flexibility index (Phi) is 5.13. The Balaban J connectivity index is 1.59. The van der Waals surface area contributed by atoms with Crippen LogP contribution < -0.4 is 10.9 Å². The van der Waals surface area contributed by atoms with Crippen molar-refractivity contribution in [1.29, 1.82) is 0 Å². The number of ether oxygens (including phenoxy) is 1. The first-order chi connectivity index (χ1) is 14.1. The van der Waals surface area contributed by atoms with E-state index in [1.165, 1.54) is 10.9 Å². The van der Waals surface area contributed by atoms with E-state index >= 15 is 0 Å². The van der Waals surface area contributed by atoms with E-state index in [4.69, 9.17) is 9.15 Å². The summed E-state index contributed by atoms with van der Waals surface area (Å²) in [5.74, 6) is 0.566. The van der Waals surface area contributed by atoms with Crippen LogP contribution in [-0.4, -0.2) is 39.1 Å². The minimum Gasteiger partial charge on any atom is -0.442 e. The number of hydrogen-bond acceptors (Lipinski definition) is 6. The first-order valence-electron chi connectivity index (χ1n) is 9.27. The van der Waals surface area contributed by atoms with Crippen LogP contribution in [-0.2, 0) is 17.8 Å². The number of fused-ring (bicyclic) bond motifs is 2. The van der Waals surface area contributed by atoms with Crippen LogP contribution in [0.25, 0.3) is 22.1 Å². The van der Waals surface area contributed by atoms with Gasteiger partial charge in [-0.3, -0.25) is 14.2 Å². The fraction of sp³-hybridized carbons (Fsp3) is 0.300. The molecule has 150 valence electrons. The minimum absolute atomic E-state index is 0.157. The fourth-order valence-electron chi connectivity index (χ4n) is 3.29.